The van der Waals surface area contributed by atoms with Crippen molar-refractivity contribution in [3.8, 4) is 0 Å². The summed E-state index contributed by atoms with van der Waals surface area (Å²) in [7, 11) is 0. The van der Waals surface area contributed by atoms with E-state index in [9.17, 15) is 9.18 Å². The summed E-state index contributed by atoms with van der Waals surface area (Å²) in [4.78, 5) is 13.2. The van der Waals surface area contributed by atoms with Crippen LogP contribution >= 0.6 is 27.5 Å². The number of alkyl halides is 1. The van der Waals surface area contributed by atoms with Crippen LogP contribution < -0.4 is 4.90 Å². The molecule has 1 amide bonds. The topological polar surface area (TPSA) is 20.3 Å². The zero-order valence-corrected chi connectivity index (χ0v) is 10.1. The predicted molar refractivity (Wildman–Crippen MR) is 61.1 cm³/mol. The van der Waals surface area contributed by atoms with Crippen molar-refractivity contribution in [3.63, 3.8) is 0 Å². The van der Waals surface area contributed by atoms with Crippen LogP contribution in [0.3, 0.4) is 0 Å². The second-order valence-corrected chi connectivity index (χ2v) is 5.10. The highest BCUT2D eigenvalue weighted by Gasteiger charge is 2.30. The van der Waals surface area contributed by atoms with Gasteiger partial charge in [-0.3, -0.25) is 4.79 Å². The first-order chi connectivity index (χ1) is 7.08. The summed E-state index contributed by atoms with van der Waals surface area (Å²) in [6.07, 6.45) is 0.423. The zero-order valence-electron chi connectivity index (χ0n) is 7.71. The number of halogens is 3. The van der Waals surface area contributed by atoms with Crippen molar-refractivity contribution in [1.82, 2.24) is 0 Å². The number of rotatable bonds is 1. The van der Waals surface area contributed by atoms with Gasteiger partial charge in [0.2, 0.25) is 5.91 Å². The van der Waals surface area contributed by atoms with Crippen molar-refractivity contribution < 1.29 is 9.18 Å². The van der Waals surface area contributed by atoms with Crippen LogP contribution in [0.2, 0.25) is 5.02 Å². The van der Waals surface area contributed by atoms with Gasteiger partial charge in [0, 0.05) is 17.8 Å². The van der Waals surface area contributed by atoms with E-state index in [1.54, 1.807) is 0 Å². The number of nitrogens with zero attached hydrogens (tertiary/aromatic N) is 1. The molecule has 1 atom stereocenters. The maximum atomic E-state index is 13.0. The third-order valence-corrected chi connectivity index (χ3v) is 3.21. The van der Waals surface area contributed by atoms with E-state index < -0.39 is 0 Å². The summed E-state index contributed by atoms with van der Waals surface area (Å²) in [5.74, 6) is -0.426. The van der Waals surface area contributed by atoms with Gasteiger partial charge in [0.1, 0.15) is 5.82 Å². The fraction of sp³-hybridized carbons (Fsp3) is 0.300. The Morgan fingerprint density at radius 2 is 2.27 bits per heavy atom. The Labute approximate surface area is 100 Å². The molecule has 2 rings (SSSR count). The summed E-state index contributed by atoms with van der Waals surface area (Å²) in [6.45, 7) is 0.530. The highest BCUT2D eigenvalue weighted by Crippen LogP contribution is 2.31. The van der Waals surface area contributed by atoms with E-state index in [-0.39, 0.29) is 16.6 Å². The van der Waals surface area contributed by atoms with Crippen molar-refractivity contribution in [2.75, 3.05) is 11.4 Å². The van der Waals surface area contributed by atoms with Gasteiger partial charge in [-0.05, 0) is 18.2 Å². The number of carbonyl (C=O) groups is 1. The van der Waals surface area contributed by atoms with Gasteiger partial charge in [-0.2, -0.15) is 0 Å². The van der Waals surface area contributed by atoms with Crippen molar-refractivity contribution in [1.29, 1.82) is 0 Å². The second kappa shape index (κ2) is 4.10. The maximum Gasteiger partial charge on any atom is 0.228 e. The molecule has 0 spiro atoms. The Hall–Kier alpha value is -0.610. The van der Waals surface area contributed by atoms with E-state index >= 15 is 0 Å². The molecule has 1 heterocycles. The maximum absolute atomic E-state index is 13.0. The molecule has 1 aliphatic rings. The molecule has 2 nitrogen and oxygen atoms in total. The Bertz CT molecular complexity index is 412. The monoisotopic (exact) mass is 291 g/mol. The molecule has 1 saturated heterocycles. The van der Waals surface area contributed by atoms with Crippen LogP contribution in [0.25, 0.3) is 0 Å². The first-order valence-electron chi connectivity index (χ1n) is 4.47. The molecule has 0 aliphatic carbocycles. The van der Waals surface area contributed by atoms with E-state index in [0.29, 0.717) is 23.7 Å². The van der Waals surface area contributed by atoms with E-state index in [0.717, 1.165) is 0 Å². The molecule has 5 heteroatoms. The number of hydrogen-bond acceptors (Lipinski definition) is 1. The number of anilines is 1. The Morgan fingerprint density at radius 3 is 2.87 bits per heavy atom. The highest BCUT2D eigenvalue weighted by molar-refractivity contribution is 9.09. The molecule has 0 saturated carbocycles. The van der Waals surface area contributed by atoms with Crippen molar-refractivity contribution >= 4 is 39.1 Å². The minimum absolute atomic E-state index is 0.0376. The summed E-state index contributed by atoms with van der Waals surface area (Å²) in [6, 6.07) is 4.02. The normalized spacial score (nSPS) is 21.1. The molecule has 1 fully saturated rings. The van der Waals surface area contributed by atoms with Crippen molar-refractivity contribution in [3.05, 3.63) is 29.0 Å². The van der Waals surface area contributed by atoms with Gasteiger partial charge >= 0.3 is 0 Å². The molecule has 1 aromatic carbocycles. The fourth-order valence-electron chi connectivity index (χ4n) is 1.59. The van der Waals surface area contributed by atoms with Crippen molar-refractivity contribution in [2.24, 2.45) is 0 Å². The van der Waals surface area contributed by atoms with Gasteiger partial charge in [0.15, 0.2) is 0 Å². The number of benzene rings is 1. The van der Waals surface area contributed by atoms with Crippen molar-refractivity contribution in [2.45, 2.75) is 11.2 Å². The zero-order chi connectivity index (χ0) is 11.0. The van der Waals surface area contributed by atoms with Crippen LogP contribution in [0, 0.1) is 5.82 Å². The number of hydrogen-bond donors (Lipinski definition) is 0. The summed E-state index contributed by atoms with van der Waals surface area (Å²) in [5, 5.41) is 0.395. The average Bonchev–Trinajstić information content (AvgIpc) is 2.50. The van der Waals surface area contributed by atoms with Gasteiger partial charge in [0.05, 0.1) is 10.7 Å². The number of carbonyl (C=O) groups excluding carboxylic acids is 1. The van der Waals surface area contributed by atoms with Crippen LogP contribution in [0.1, 0.15) is 6.42 Å². The Kier molecular flexibility index (Phi) is 2.98. The molecule has 1 unspecified atom stereocenters. The lowest BCUT2D eigenvalue weighted by molar-refractivity contribution is -0.117. The smallest absolute Gasteiger partial charge is 0.228 e. The first kappa shape index (κ1) is 10.9. The lowest BCUT2D eigenvalue weighted by Crippen LogP contribution is -2.24. The van der Waals surface area contributed by atoms with Crippen LogP contribution in [0.5, 0.6) is 0 Å². The van der Waals surface area contributed by atoms with Crippen LogP contribution in [-0.4, -0.2) is 17.3 Å². The SMILES string of the molecule is O=C1CC(Br)CN1c1cc(F)ccc1Cl. The Morgan fingerprint density at radius 1 is 1.53 bits per heavy atom. The molecule has 0 bridgehead atoms. The summed E-state index contributed by atoms with van der Waals surface area (Å²) < 4.78 is 13.0. The highest BCUT2D eigenvalue weighted by atomic mass is 79.9. The van der Waals surface area contributed by atoms with Gasteiger partial charge in [-0.15, -0.1) is 0 Å². The molecule has 80 valence electrons. The first-order valence-corrected chi connectivity index (χ1v) is 5.77. The molecule has 15 heavy (non-hydrogen) atoms. The second-order valence-electron chi connectivity index (χ2n) is 3.40. The fourth-order valence-corrected chi connectivity index (χ4v) is 2.38. The molecule has 0 aromatic heterocycles. The van der Waals surface area contributed by atoms with E-state index in [1.165, 1.54) is 23.1 Å². The molecular weight excluding hydrogens is 284 g/mol. The molecule has 1 aliphatic heterocycles. The third kappa shape index (κ3) is 2.16. The summed E-state index contributed by atoms with van der Waals surface area (Å²) >= 11 is 9.27. The molecule has 0 N–H and O–H groups in total. The quantitative estimate of drug-likeness (QED) is 0.729. The Balaban J connectivity index is 2.37. The lowest BCUT2D eigenvalue weighted by Gasteiger charge is -2.17. The van der Waals surface area contributed by atoms with Crippen LogP contribution in [0.15, 0.2) is 18.2 Å². The lowest BCUT2D eigenvalue weighted by atomic mass is 10.3. The van der Waals surface area contributed by atoms with E-state index in [4.69, 9.17) is 11.6 Å². The minimum Gasteiger partial charge on any atom is -0.310 e. The van der Waals surface area contributed by atoms with E-state index in [2.05, 4.69) is 15.9 Å². The molecular formula is C10H8BrClFNO. The van der Waals surface area contributed by atoms with Gasteiger partial charge in [-0.1, -0.05) is 27.5 Å². The molecule has 0 radical (unpaired) electrons. The third-order valence-electron chi connectivity index (χ3n) is 2.28. The van der Waals surface area contributed by atoms with Crippen LogP contribution in [-0.2, 0) is 4.79 Å². The van der Waals surface area contributed by atoms with Gasteiger partial charge < -0.3 is 4.90 Å². The predicted octanol–water partition coefficient (Wildman–Crippen LogP) is 2.98. The van der Waals surface area contributed by atoms with Crippen LogP contribution in [0.4, 0.5) is 10.1 Å². The van der Waals surface area contributed by atoms with Gasteiger partial charge in [-0.25, -0.2) is 4.39 Å². The minimum atomic E-state index is -0.389. The molecule has 1 aromatic rings. The van der Waals surface area contributed by atoms with Gasteiger partial charge in [0.25, 0.3) is 0 Å². The largest absolute Gasteiger partial charge is 0.310 e. The summed E-state index contributed by atoms with van der Waals surface area (Å²) in [5.41, 5.74) is 0.448. The van der Waals surface area contributed by atoms with E-state index in [1.807, 2.05) is 0 Å². The standard InChI is InChI=1S/C10H8BrClFNO/c11-6-3-10(15)14(5-6)9-4-7(13)1-2-8(9)12/h1-2,4,6H,3,5H2. The number of amides is 1. The average molecular weight is 293 g/mol.